The molecule has 8 heteroatoms. The first-order chi connectivity index (χ1) is 17.4. The Hall–Kier alpha value is -3.36. The highest BCUT2D eigenvalue weighted by Gasteiger charge is 2.50. The Morgan fingerprint density at radius 1 is 0.833 bits per heavy atom. The number of hydrogen-bond acceptors (Lipinski definition) is 5. The highest BCUT2D eigenvalue weighted by atomic mass is 32.2. The quantitative estimate of drug-likeness (QED) is 0.465. The third-order valence-electron chi connectivity index (χ3n) is 7.12. The number of sulfonamides is 1. The van der Waals surface area contributed by atoms with Gasteiger partial charge >= 0.3 is 0 Å². The molecule has 2 aliphatic rings. The molecule has 36 heavy (non-hydrogen) atoms. The molecule has 0 aliphatic carbocycles. The van der Waals surface area contributed by atoms with Gasteiger partial charge in [-0.25, -0.2) is 8.42 Å². The molecule has 2 saturated heterocycles. The summed E-state index contributed by atoms with van der Waals surface area (Å²) in [6.07, 6.45) is 2.04. The number of hydrogen-bond donors (Lipinski definition) is 0. The average molecular weight is 507 g/mol. The normalized spacial score (nSPS) is 20.6. The average Bonchev–Trinajstić information content (AvgIpc) is 3.20. The van der Waals surface area contributed by atoms with Gasteiger partial charge in [-0.2, -0.15) is 4.31 Å². The molecule has 2 heterocycles. The van der Waals surface area contributed by atoms with Gasteiger partial charge in [-0.05, 0) is 73.4 Å². The molecule has 0 radical (unpaired) electrons. The van der Waals surface area contributed by atoms with Gasteiger partial charge in [0.1, 0.15) is 17.2 Å². The van der Waals surface area contributed by atoms with Crippen LogP contribution in [0.25, 0.3) is 0 Å². The second kappa shape index (κ2) is 9.95. The molecule has 1 atom stereocenters. The first-order valence-electron chi connectivity index (χ1n) is 12.2. The van der Waals surface area contributed by atoms with Gasteiger partial charge in [-0.15, -0.1) is 0 Å². The van der Waals surface area contributed by atoms with Gasteiger partial charge in [0.05, 0.1) is 17.4 Å². The summed E-state index contributed by atoms with van der Waals surface area (Å²) in [5.74, 6) is 2.15. The Bertz CT molecular complexity index is 1310. The molecule has 1 spiro atoms. The maximum absolute atomic E-state index is 13.6. The third-order valence-corrected chi connectivity index (χ3v) is 8.98. The number of rotatable bonds is 7. The number of amides is 1. The van der Waals surface area contributed by atoms with E-state index in [4.69, 9.17) is 9.47 Å². The van der Waals surface area contributed by atoms with Crippen molar-refractivity contribution in [3.8, 4) is 17.2 Å². The highest BCUT2D eigenvalue weighted by Crippen LogP contribution is 2.42. The van der Waals surface area contributed by atoms with Crippen LogP contribution in [0.15, 0.2) is 83.8 Å². The number of piperidine rings is 1. The molecule has 2 fully saturated rings. The van der Waals surface area contributed by atoms with Crippen LogP contribution in [0.2, 0.25) is 0 Å². The summed E-state index contributed by atoms with van der Waals surface area (Å²) in [5, 5.41) is 0. The highest BCUT2D eigenvalue weighted by molar-refractivity contribution is 7.89. The van der Waals surface area contributed by atoms with Gasteiger partial charge in [0, 0.05) is 26.2 Å². The number of methoxy groups -OCH3 is 1. The molecular weight excluding hydrogens is 476 g/mol. The smallest absolute Gasteiger partial charge is 0.243 e. The summed E-state index contributed by atoms with van der Waals surface area (Å²) in [6, 6.07) is 23.7. The zero-order chi connectivity index (χ0) is 25.2. The monoisotopic (exact) mass is 506 g/mol. The Morgan fingerprint density at radius 2 is 1.50 bits per heavy atom. The lowest BCUT2D eigenvalue weighted by Crippen LogP contribution is -2.49. The van der Waals surface area contributed by atoms with E-state index in [0.29, 0.717) is 44.6 Å². The molecule has 1 amide bonds. The van der Waals surface area contributed by atoms with Crippen LogP contribution in [-0.2, 0) is 21.4 Å². The van der Waals surface area contributed by atoms with Crippen molar-refractivity contribution in [3.05, 3.63) is 84.4 Å². The number of carbonyl (C=O) groups is 1. The van der Waals surface area contributed by atoms with Gasteiger partial charge in [0.2, 0.25) is 15.9 Å². The fourth-order valence-electron chi connectivity index (χ4n) is 5.12. The summed E-state index contributed by atoms with van der Waals surface area (Å²) in [6.45, 7) is 1.77. The first-order valence-corrected chi connectivity index (χ1v) is 13.6. The SMILES string of the molecule is COc1ccc(S(=O)(=O)N2CCCC3(CCN(Cc4ccc(Oc5ccccc5)cc4)C3=O)C2)cc1. The largest absolute Gasteiger partial charge is 0.497 e. The van der Waals surface area contributed by atoms with Crippen LogP contribution < -0.4 is 9.47 Å². The Kier molecular flexibility index (Phi) is 6.73. The van der Waals surface area contributed by atoms with E-state index in [2.05, 4.69) is 0 Å². The predicted octanol–water partition coefficient (Wildman–Crippen LogP) is 4.69. The summed E-state index contributed by atoms with van der Waals surface area (Å²) < 4.78 is 39.1. The van der Waals surface area contributed by atoms with Crippen molar-refractivity contribution in [3.63, 3.8) is 0 Å². The van der Waals surface area contributed by atoms with Gasteiger partial charge in [0.15, 0.2) is 0 Å². The van der Waals surface area contributed by atoms with Crippen molar-refractivity contribution in [2.24, 2.45) is 5.41 Å². The summed E-state index contributed by atoms with van der Waals surface area (Å²) in [4.78, 5) is 15.6. The molecule has 0 saturated carbocycles. The van der Waals surface area contributed by atoms with E-state index in [1.807, 2.05) is 59.5 Å². The minimum Gasteiger partial charge on any atom is -0.497 e. The molecule has 188 valence electrons. The van der Waals surface area contributed by atoms with Crippen LogP contribution in [0.4, 0.5) is 0 Å². The Balaban J connectivity index is 1.25. The minimum atomic E-state index is -3.69. The molecule has 5 rings (SSSR count). The van der Waals surface area contributed by atoms with E-state index in [-0.39, 0.29) is 17.3 Å². The molecule has 2 aliphatic heterocycles. The van der Waals surface area contributed by atoms with Crippen LogP contribution in [0.1, 0.15) is 24.8 Å². The number of nitrogens with zero attached hydrogens (tertiary/aromatic N) is 2. The first kappa shape index (κ1) is 24.3. The van der Waals surface area contributed by atoms with Crippen molar-refractivity contribution < 1.29 is 22.7 Å². The lowest BCUT2D eigenvalue weighted by molar-refractivity contribution is -0.138. The summed E-state index contributed by atoms with van der Waals surface area (Å²) >= 11 is 0. The van der Waals surface area contributed by atoms with E-state index >= 15 is 0 Å². The van der Waals surface area contributed by atoms with Crippen molar-refractivity contribution in [1.82, 2.24) is 9.21 Å². The van der Waals surface area contributed by atoms with Crippen LogP contribution in [0.3, 0.4) is 0 Å². The van der Waals surface area contributed by atoms with Crippen molar-refractivity contribution in [2.45, 2.75) is 30.7 Å². The van der Waals surface area contributed by atoms with Crippen LogP contribution in [-0.4, -0.2) is 50.3 Å². The standard InChI is InChI=1S/C28H30N2O5S/c1-34-23-12-14-26(15-13-23)36(32,33)30-18-5-16-28(21-30)17-19-29(27(28)31)20-22-8-10-25(11-9-22)35-24-6-3-2-4-7-24/h2-4,6-15H,5,16-21H2,1H3. The zero-order valence-corrected chi connectivity index (χ0v) is 21.1. The molecular formula is C28H30N2O5S. The molecule has 1 unspecified atom stereocenters. The third kappa shape index (κ3) is 4.83. The van der Waals surface area contributed by atoms with E-state index in [1.165, 1.54) is 4.31 Å². The van der Waals surface area contributed by atoms with E-state index < -0.39 is 15.4 Å². The summed E-state index contributed by atoms with van der Waals surface area (Å²) in [7, 11) is -2.14. The van der Waals surface area contributed by atoms with Gasteiger partial charge in [-0.3, -0.25) is 4.79 Å². The predicted molar refractivity (Wildman–Crippen MR) is 136 cm³/mol. The Morgan fingerprint density at radius 3 is 2.19 bits per heavy atom. The topological polar surface area (TPSA) is 76.2 Å². The van der Waals surface area contributed by atoms with Gasteiger partial charge < -0.3 is 14.4 Å². The number of carbonyl (C=O) groups excluding carboxylic acids is 1. The maximum Gasteiger partial charge on any atom is 0.243 e. The molecule has 7 nitrogen and oxygen atoms in total. The maximum atomic E-state index is 13.6. The van der Waals surface area contributed by atoms with Gasteiger partial charge in [0.25, 0.3) is 0 Å². The fourth-order valence-corrected chi connectivity index (χ4v) is 6.69. The summed E-state index contributed by atoms with van der Waals surface area (Å²) in [5.41, 5.74) is 0.355. The second-order valence-electron chi connectivity index (χ2n) is 9.43. The lowest BCUT2D eigenvalue weighted by atomic mass is 9.79. The molecule has 3 aromatic rings. The lowest BCUT2D eigenvalue weighted by Gasteiger charge is -2.38. The number of ether oxygens (including phenoxy) is 2. The van der Waals surface area contributed by atoms with Gasteiger partial charge in [-0.1, -0.05) is 30.3 Å². The van der Waals surface area contributed by atoms with Crippen LogP contribution in [0, 0.1) is 5.41 Å². The molecule has 0 N–H and O–H groups in total. The number of para-hydroxylation sites is 1. The number of benzene rings is 3. The van der Waals surface area contributed by atoms with Crippen molar-refractivity contribution in [2.75, 3.05) is 26.7 Å². The van der Waals surface area contributed by atoms with Crippen LogP contribution >= 0.6 is 0 Å². The van der Waals surface area contributed by atoms with E-state index in [9.17, 15) is 13.2 Å². The van der Waals surface area contributed by atoms with Crippen LogP contribution in [0.5, 0.6) is 17.2 Å². The Labute approximate surface area is 212 Å². The minimum absolute atomic E-state index is 0.0433. The van der Waals surface area contributed by atoms with Crippen molar-refractivity contribution in [1.29, 1.82) is 0 Å². The number of likely N-dealkylation sites (tertiary alicyclic amines) is 1. The fraction of sp³-hybridized carbons (Fsp3) is 0.321. The van der Waals surface area contributed by atoms with E-state index in [0.717, 1.165) is 17.1 Å². The van der Waals surface area contributed by atoms with E-state index in [1.54, 1.807) is 31.4 Å². The molecule has 3 aromatic carbocycles. The molecule has 0 bridgehead atoms. The zero-order valence-electron chi connectivity index (χ0n) is 20.3. The molecule has 0 aromatic heterocycles. The second-order valence-corrected chi connectivity index (χ2v) is 11.4. The van der Waals surface area contributed by atoms with Crippen molar-refractivity contribution >= 4 is 15.9 Å².